The highest BCUT2D eigenvalue weighted by molar-refractivity contribution is 5.72. The van der Waals surface area contributed by atoms with Crippen LogP contribution in [0, 0.1) is 0 Å². The van der Waals surface area contributed by atoms with Gasteiger partial charge in [0.25, 0.3) is 0 Å². The van der Waals surface area contributed by atoms with E-state index in [1.54, 1.807) is 0 Å². The van der Waals surface area contributed by atoms with Gasteiger partial charge in [-0.25, -0.2) is 4.79 Å². The minimum absolute atomic E-state index is 0.0325. The molecule has 0 aromatic carbocycles. The smallest absolute Gasteiger partial charge is 0.362 e. The van der Waals surface area contributed by atoms with Gasteiger partial charge >= 0.3 is 17.9 Å². The molecule has 2 atom stereocenters. The maximum absolute atomic E-state index is 12.7. The lowest BCUT2D eigenvalue weighted by molar-refractivity contribution is -0.887. The number of carbonyl (C=O) groups is 3. The fraction of sp³-hybridized carbons (Fsp3) is 0.694. The van der Waals surface area contributed by atoms with Crippen molar-refractivity contribution < 1.29 is 38.2 Å². The molecule has 326 valence electrons. The third-order valence-corrected chi connectivity index (χ3v) is 9.59. The summed E-state index contributed by atoms with van der Waals surface area (Å²) in [5.41, 5.74) is 0. The van der Waals surface area contributed by atoms with Gasteiger partial charge in [0.05, 0.1) is 34.4 Å². The molecule has 8 heteroatoms. The van der Waals surface area contributed by atoms with Crippen LogP contribution in [-0.4, -0.2) is 80.6 Å². The number of hydrogen-bond acceptors (Lipinski definition) is 6. The predicted octanol–water partition coefficient (Wildman–Crippen LogP) is 12.4. The van der Waals surface area contributed by atoms with Gasteiger partial charge in [0, 0.05) is 19.3 Å². The van der Waals surface area contributed by atoms with Crippen molar-refractivity contribution in [2.75, 3.05) is 41.0 Å². The van der Waals surface area contributed by atoms with Crippen molar-refractivity contribution in [3.63, 3.8) is 0 Å². The molecule has 0 aliphatic carbocycles. The van der Waals surface area contributed by atoms with Crippen molar-refractivity contribution in [2.24, 2.45) is 0 Å². The number of carbonyl (C=O) groups excluding carboxylic acids is 2. The van der Waals surface area contributed by atoms with E-state index < -0.39 is 18.1 Å². The first kappa shape index (κ1) is 53.8. The second-order valence-electron chi connectivity index (χ2n) is 15.9. The number of allylic oxidation sites excluding steroid dienone is 12. The number of quaternary nitrogens is 1. The van der Waals surface area contributed by atoms with Gasteiger partial charge in [-0.2, -0.15) is 0 Å². The number of rotatable bonds is 39. The van der Waals surface area contributed by atoms with Crippen molar-refractivity contribution in [1.82, 2.24) is 0 Å². The third kappa shape index (κ3) is 38.1. The zero-order chi connectivity index (χ0) is 42.1. The zero-order valence-electron chi connectivity index (χ0n) is 37.0. The second-order valence-corrected chi connectivity index (χ2v) is 15.9. The molecule has 0 saturated carbocycles. The average molecular weight is 799 g/mol. The number of likely N-dealkylation sites (N-methyl/N-ethyl adjacent to an activating group) is 1. The Kier molecular flexibility index (Phi) is 37.3. The highest BCUT2D eigenvalue weighted by atomic mass is 16.6. The number of hydrogen-bond donors (Lipinski definition) is 1. The van der Waals surface area contributed by atoms with Crippen LogP contribution >= 0.6 is 0 Å². The van der Waals surface area contributed by atoms with Gasteiger partial charge in [-0.05, 0) is 77.0 Å². The van der Waals surface area contributed by atoms with Gasteiger partial charge in [-0.3, -0.25) is 9.59 Å². The largest absolute Gasteiger partial charge is 0.477 e. The zero-order valence-corrected chi connectivity index (χ0v) is 37.0. The predicted molar refractivity (Wildman–Crippen MR) is 238 cm³/mol. The fourth-order valence-electron chi connectivity index (χ4n) is 6.12. The molecule has 0 aliphatic heterocycles. The Labute approximate surface area is 349 Å². The van der Waals surface area contributed by atoms with Crippen molar-refractivity contribution in [1.29, 1.82) is 0 Å². The molecular formula is C49H84NO7+. The van der Waals surface area contributed by atoms with Crippen LogP contribution in [0.2, 0.25) is 0 Å². The normalized spacial score (nSPS) is 13.6. The van der Waals surface area contributed by atoms with E-state index in [1.807, 2.05) is 21.1 Å². The molecular weight excluding hydrogens is 715 g/mol. The number of esters is 2. The van der Waals surface area contributed by atoms with Gasteiger partial charge in [0.2, 0.25) is 0 Å². The summed E-state index contributed by atoms with van der Waals surface area (Å²) in [5, 5.41) is 9.62. The summed E-state index contributed by atoms with van der Waals surface area (Å²) in [6, 6.07) is -0.629. The van der Waals surface area contributed by atoms with E-state index in [0.717, 1.165) is 70.6 Å². The minimum atomic E-state index is -0.888. The molecule has 0 saturated heterocycles. The number of aliphatic carboxylic acids is 1. The molecule has 0 aliphatic rings. The Balaban J connectivity index is 4.46. The number of ether oxygens (including phenoxy) is 3. The Morgan fingerprint density at radius 1 is 0.544 bits per heavy atom. The lowest BCUT2D eigenvalue weighted by atomic mass is 10.1. The van der Waals surface area contributed by atoms with E-state index in [0.29, 0.717) is 19.3 Å². The molecule has 0 amide bonds. The molecule has 57 heavy (non-hydrogen) atoms. The summed E-state index contributed by atoms with van der Waals surface area (Å²) in [6.07, 6.45) is 49.5. The summed E-state index contributed by atoms with van der Waals surface area (Å²) in [6.45, 7) is 4.54. The van der Waals surface area contributed by atoms with Gasteiger partial charge in [-0.1, -0.05) is 145 Å². The maximum Gasteiger partial charge on any atom is 0.362 e. The van der Waals surface area contributed by atoms with Gasteiger partial charge in [0.15, 0.2) is 12.1 Å². The topological polar surface area (TPSA) is 99.1 Å². The molecule has 0 bridgehead atoms. The summed E-state index contributed by atoms with van der Waals surface area (Å²) < 4.78 is 17.2. The van der Waals surface area contributed by atoms with Crippen LogP contribution in [0.5, 0.6) is 0 Å². The molecule has 0 radical (unpaired) electrons. The Bertz CT molecular complexity index is 1160. The van der Waals surface area contributed by atoms with Crippen LogP contribution in [0.3, 0.4) is 0 Å². The number of unbranched alkanes of at least 4 members (excludes halogenated alkanes) is 13. The maximum atomic E-state index is 12.7. The fourth-order valence-corrected chi connectivity index (χ4v) is 6.12. The highest BCUT2D eigenvalue weighted by Crippen LogP contribution is 2.13. The average Bonchev–Trinajstić information content (AvgIpc) is 3.17. The molecule has 0 aromatic heterocycles. The summed E-state index contributed by atoms with van der Waals surface area (Å²) in [7, 11) is 5.50. The Hall–Kier alpha value is -3.23. The van der Waals surface area contributed by atoms with Crippen LogP contribution in [-0.2, 0) is 28.6 Å². The number of carboxylic acid groups (broad SMARTS) is 1. The van der Waals surface area contributed by atoms with Crippen LogP contribution in [0.4, 0.5) is 0 Å². The van der Waals surface area contributed by atoms with Crippen molar-refractivity contribution in [3.05, 3.63) is 72.9 Å². The van der Waals surface area contributed by atoms with Crippen LogP contribution in [0.25, 0.3) is 0 Å². The highest BCUT2D eigenvalue weighted by Gasteiger charge is 2.31. The first-order valence-electron chi connectivity index (χ1n) is 22.5. The summed E-state index contributed by atoms with van der Waals surface area (Å²) >= 11 is 0. The third-order valence-electron chi connectivity index (χ3n) is 9.59. The first-order chi connectivity index (χ1) is 27.6. The lowest BCUT2D eigenvalue weighted by Gasteiger charge is -2.31. The minimum Gasteiger partial charge on any atom is -0.477 e. The molecule has 0 fully saturated rings. The second kappa shape index (κ2) is 39.6. The molecule has 2 unspecified atom stereocenters. The molecule has 0 spiro atoms. The van der Waals surface area contributed by atoms with Crippen molar-refractivity contribution >= 4 is 17.9 Å². The molecule has 0 rings (SSSR count). The van der Waals surface area contributed by atoms with Crippen molar-refractivity contribution in [3.8, 4) is 0 Å². The Morgan fingerprint density at radius 2 is 1.00 bits per heavy atom. The van der Waals surface area contributed by atoms with Gasteiger partial charge in [-0.15, -0.1) is 0 Å². The summed E-state index contributed by atoms with van der Waals surface area (Å²) in [5.74, 6) is -1.56. The molecule has 8 nitrogen and oxygen atoms in total. The van der Waals surface area contributed by atoms with Crippen LogP contribution in [0.15, 0.2) is 72.9 Å². The van der Waals surface area contributed by atoms with E-state index in [9.17, 15) is 19.5 Å². The van der Waals surface area contributed by atoms with E-state index in [-0.39, 0.29) is 42.7 Å². The first-order valence-corrected chi connectivity index (χ1v) is 22.5. The lowest BCUT2D eigenvalue weighted by Crippen LogP contribution is -2.50. The number of carboxylic acids is 1. The molecule has 1 N–H and O–H groups in total. The van der Waals surface area contributed by atoms with Crippen LogP contribution in [0.1, 0.15) is 168 Å². The quantitative estimate of drug-likeness (QED) is 0.0286. The summed E-state index contributed by atoms with van der Waals surface area (Å²) in [4.78, 5) is 37.0. The van der Waals surface area contributed by atoms with E-state index in [2.05, 4.69) is 86.8 Å². The van der Waals surface area contributed by atoms with E-state index >= 15 is 0 Å². The molecule has 0 heterocycles. The van der Waals surface area contributed by atoms with Gasteiger partial charge in [0.1, 0.15) is 6.61 Å². The van der Waals surface area contributed by atoms with E-state index in [1.165, 1.54) is 57.8 Å². The molecule has 0 aromatic rings. The number of nitrogens with zero attached hydrogens (tertiary/aromatic N) is 1. The Morgan fingerprint density at radius 3 is 1.53 bits per heavy atom. The van der Waals surface area contributed by atoms with Crippen LogP contribution < -0.4 is 0 Å². The van der Waals surface area contributed by atoms with Gasteiger partial charge < -0.3 is 23.8 Å². The van der Waals surface area contributed by atoms with E-state index in [4.69, 9.17) is 14.2 Å². The monoisotopic (exact) mass is 799 g/mol. The SMILES string of the molecule is CC/C=C\C/C=C\C/C=C\C/C=C\C/C=C\CCCC(=O)OC(COCCC(C(=O)O)[N+](C)(C)C)COC(=O)CCCCCCC/C=C\CCCCCCCCC. The standard InChI is InChI=1S/C49H83NO7/c1-6-8-10-12-14-16-18-20-22-24-26-28-30-32-34-36-38-40-48(52)57-45(43-55-42-41-46(49(53)54)50(3,4)5)44-56-47(51)39-37-35-33-31-29-27-25-23-21-19-17-15-13-11-9-7-2/h8,10,14,16,20,22-23,25-26,28,32,34,45-46H,6-7,9,11-13,15,17-19,21,24,27,29-31,33,35-44H2,1-5H3/p+1/b10-8-,16-14-,22-20-,25-23-,28-26-,34-32-. The van der Waals surface area contributed by atoms with Crippen molar-refractivity contribution in [2.45, 2.75) is 180 Å².